The van der Waals surface area contributed by atoms with E-state index in [1.165, 1.54) is 0 Å². The highest BCUT2D eigenvalue weighted by atomic mass is 16.2. The highest BCUT2D eigenvalue weighted by Gasteiger charge is 2.23. The van der Waals surface area contributed by atoms with E-state index in [4.69, 9.17) is 5.84 Å². The summed E-state index contributed by atoms with van der Waals surface area (Å²) in [4.78, 5) is 13.5. The summed E-state index contributed by atoms with van der Waals surface area (Å²) < 4.78 is 1.77. The van der Waals surface area contributed by atoms with Crippen LogP contribution in [0.25, 0.3) is 0 Å². The first-order chi connectivity index (χ1) is 7.95. The molecule has 1 aromatic heterocycles. The number of nitrogens with zero attached hydrogens (tertiary/aromatic N) is 3. The first kappa shape index (κ1) is 13.7. The molecule has 0 radical (unpaired) electrons. The van der Waals surface area contributed by atoms with Crippen LogP contribution in [0, 0.1) is 5.92 Å². The number of hydrogen-bond donors (Lipinski definition) is 2. The molecule has 3 N–H and O–H groups in total. The molecule has 96 valence electrons. The minimum absolute atomic E-state index is 0.110. The van der Waals surface area contributed by atoms with Gasteiger partial charge in [-0.05, 0) is 14.0 Å². The molecular formula is C11H21N5O. The molecule has 0 aliphatic rings. The summed E-state index contributed by atoms with van der Waals surface area (Å²) in [5.41, 5.74) is 3.31. The fraction of sp³-hybridized carbons (Fsp3) is 0.636. The number of carbonyl (C=O) groups excluding carboxylic acids is 1. The monoisotopic (exact) mass is 239 g/mol. The Morgan fingerprint density at radius 1 is 1.65 bits per heavy atom. The molecular weight excluding hydrogens is 218 g/mol. The number of hydrogen-bond acceptors (Lipinski definition) is 4. The average molecular weight is 239 g/mol. The van der Waals surface area contributed by atoms with Gasteiger partial charge in [0.25, 0.3) is 0 Å². The zero-order valence-electron chi connectivity index (χ0n) is 10.8. The molecule has 2 atom stereocenters. The third kappa shape index (κ3) is 3.54. The predicted octanol–water partition coefficient (Wildman–Crippen LogP) is -0.134. The Bertz CT molecular complexity index is 376. The second-order valence-electron chi connectivity index (χ2n) is 4.48. The molecule has 1 rings (SSSR count). The van der Waals surface area contributed by atoms with Gasteiger partial charge in [0.1, 0.15) is 0 Å². The topological polar surface area (TPSA) is 76.2 Å². The largest absolute Gasteiger partial charge is 0.299 e. The Morgan fingerprint density at radius 2 is 2.29 bits per heavy atom. The van der Waals surface area contributed by atoms with Crippen molar-refractivity contribution in [3.8, 4) is 0 Å². The predicted molar refractivity (Wildman–Crippen MR) is 65.6 cm³/mol. The van der Waals surface area contributed by atoms with Gasteiger partial charge < -0.3 is 0 Å². The van der Waals surface area contributed by atoms with Crippen LogP contribution in [0.4, 0.5) is 0 Å². The van der Waals surface area contributed by atoms with Gasteiger partial charge in [-0.25, -0.2) is 5.84 Å². The Hall–Kier alpha value is -1.40. The van der Waals surface area contributed by atoms with Gasteiger partial charge in [-0.15, -0.1) is 0 Å². The lowest BCUT2D eigenvalue weighted by Gasteiger charge is -2.28. The Balaban J connectivity index is 2.57. The minimum atomic E-state index is -0.151. The fourth-order valence-corrected chi connectivity index (χ4v) is 1.72. The standard InChI is InChI=1S/C11H21N5O/c1-8(11(17)14-12)9(2)15(3)6-10-5-13-16(4)7-10/h5,7-9H,6,12H2,1-4H3,(H,14,17). The van der Waals surface area contributed by atoms with Crippen LogP contribution in [0.5, 0.6) is 0 Å². The summed E-state index contributed by atoms with van der Waals surface area (Å²) in [5, 5.41) is 4.12. The quantitative estimate of drug-likeness (QED) is 0.426. The molecule has 17 heavy (non-hydrogen) atoms. The van der Waals surface area contributed by atoms with Gasteiger partial charge in [0, 0.05) is 31.4 Å². The molecule has 0 saturated carbocycles. The van der Waals surface area contributed by atoms with E-state index in [-0.39, 0.29) is 17.9 Å². The summed E-state index contributed by atoms with van der Waals surface area (Å²) in [6, 6.07) is 0.110. The molecule has 1 aromatic rings. The third-order valence-electron chi connectivity index (χ3n) is 3.17. The molecule has 0 spiro atoms. The molecule has 6 heteroatoms. The van der Waals surface area contributed by atoms with Crippen LogP contribution in [0.2, 0.25) is 0 Å². The first-order valence-corrected chi connectivity index (χ1v) is 5.64. The van der Waals surface area contributed by atoms with E-state index in [1.807, 2.05) is 40.3 Å². The highest BCUT2D eigenvalue weighted by molar-refractivity contribution is 5.78. The Labute approximate surface area is 102 Å². The zero-order valence-corrected chi connectivity index (χ0v) is 10.8. The smallest absolute Gasteiger partial charge is 0.238 e. The number of rotatable bonds is 5. The number of nitrogens with one attached hydrogen (secondary N) is 1. The van der Waals surface area contributed by atoms with Crippen molar-refractivity contribution in [2.45, 2.75) is 26.4 Å². The second kappa shape index (κ2) is 5.79. The number of aryl methyl sites for hydroxylation is 1. The molecule has 2 unspecified atom stereocenters. The van der Waals surface area contributed by atoms with Crippen LogP contribution in [-0.2, 0) is 18.4 Å². The number of hydrazine groups is 1. The normalized spacial score (nSPS) is 14.7. The van der Waals surface area contributed by atoms with Crippen molar-refractivity contribution in [3.05, 3.63) is 18.0 Å². The Morgan fingerprint density at radius 3 is 2.76 bits per heavy atom. The Kier molecular flexibility index (Phi) is 4.65. The van der Waals surface area contributed by atoms with E-state index in [0.29, 0.717) is 0 Å². The molecule has 0 aliphatic heterocycles. The molecule has 0 saturated heterocycles. The van der Waals surface area contributed by atoms with E-state index < -0.39 is 0 Å². The van der Waals surface area contributed by atoms with Crippen LogP contribution < -0.4 is 11.3 Å². The lowest BCUT2D eigenvalue weighted by Crippen LogP contribution is -2.44. The summed E-state index contributed by atoms with van der Waals surface area (Å²) in [6.07, 6.45) is 3.80. The van der Waals surface area contributed by atoms with Crippen LogP contribution in [0.3, 0.4) is 0 Å². The summed E-state index contributed by atoms with van der Waals surface area (Å²) in [6.45, 7) is 4.64. The number of amides is 1. The van der Waals surface area contributed by atoms with Crippen molar-refractivity contribution >= 4 is 5.91 Å². The SMILES string of the molecule is CC(C(=O)NN)C(C)N(C)Cc1cnn(C)c1. The molecule has 0 aliphatic carbocycles. The van der Waals surface area contributed by atoms with Gasteiger partial charge in [0.05, 0.1) is 12.1 Å². The minimum Gasteiger partial charge on any atom is -0.299 e. The number of carbonyl (C=O) groups is 1. The molecule has 0 aromatic carbocycles. The molecule has 1 heterocycles. The van der Waals surface area contributed by atoms with Crippen molar-refractivity contribution in [2.75, 3.05) is 7.05 Å². The third-order valence-corrected chi connectivity index (χ3v) is 3.17. The van der Waals surface area contributed by atoms with E-state index in [9.17, 15) is 4.79 Å². The molecule has 6 nitrogen and oxygen atoms in total. The van der Waals surface area contributed by atoms with Crippen molar-refractivity contribution in [2.24, 2.45) is 18.8 Å². The van der Waals surface area contributed by atoms with Gasteiger partial charge in [-0.3, -0.25) is 19.8 Å². The lowest BCUT2D eigenvalue weighted by atomic mass is 10.0. The maximum absolute atomic E-state index is 11.4. The van der Waals surface area contributed by atoms with Crippen molar-refractivity contribution < 1.29 is 4.79 Å². The van der Waals surface area contributed by atoms with Gasteiger partial charge >= 0.3 is 0 Å². The highest BCUT2D eigenvalue weighted by Crippen LogP contribution is 2.12. The van der Waals surface area contributed by atoms with Crippen LogP contribution in [0.1, 0.15) is 19.4 Å². The van der Waals surface area contributed by atoms with E-state index >= 15 is 0 Å². The van der Waals surface area contributed by atoms with Crippen LogP contribution in [-0.4, -0.2) is 33.7 Å². The van der Waals surface area contributed by atoms with Crippen LogP contribution >= 0.6 is 0 Å². The zero-order chi connectivity index (χ0) is 13.0. The number of nitrogens with two attached hydrogens (primary N) is 1. The van der Waals surface area contributed by atoms with Crippen LogP contribution in [0.15, 0.2) is 12.4 Å². The first-order valence-electron chi connectivity index (χ1n) is 5.64. The van der Waals surface area contributed by atoms with Gasteiger partial charge in [-0.1, -0.05) is 6.92 Å². The molecule has 0 bridgehead atoms. The molecule has 0 fully saturated rings. The van der Waals surface area contributed by atoms with Gasteiger partial charge in [0.15, 0.2) is 0 Å². The maximum Gasteiger partial charge on any atom is 0.238 e. The maximum atomic E-state index is 11.4. The lowest BCUT2D eigenvalue weighted by molar-refractivity contribution is -0.126. The van der Waals surface area contributed by atoms with E-state index in [1.54, 1.807) is 4.68 Å². The van der Waals surface area contributed by atoms with E-state index in [2.05, 4.69) is 15.4 Å². The van der Waals surface area contributed by atoms with Crippen molar-refractivity contribution in [1.29, 1.82) is 0 Å². The van der Waals surface area contributed by atoms with E-state index in [0.717, 1.165) is 12.1 Å². The summed E-state index contributed by atoms with van der Waals surface area (Å²) in [5.74, 6) is 4.84. The summed E-state index contributed by atoms with van der Waals surface area (Å²) in [7, 11) is 3.87. The van der Waals surface area contributed by atoms with Crippen molar-refractivity contribution in [3.63, 3.8) is 0 Å². The van der Waals surface area contributed by atoms with Gasteiger partial charge in [0.2, 0.25) is 5.91 Å². The van der Waals surface area contributed by atoms with Gasteiger partial charge in [-0.2, -0.15) is 5.10 Å². The molecule has 1 amide bonds. The fourth-order valence-electron chi connectivity index (χ4n) is 1.72. The average Bonchev–Trinajstić information content (AvgIpc) is 2.71. The second-order valence-corrected chi connectivity index (χ2v) is 4.48. The van der Waals surface area contributed by atoms with Crippen molar-refractivity contribution in [1.82, 2.24) is 20.1 Å². The summed E-state index contributed by atoms with van der Waals surface area (Å²) >= 11 is 0. The number of aromatic nitrogens is 2.